The van der Waals surface area contributed by atoms with Gasteiger partial charge >= 0.3 is 6.18 Å². The first kappa shape index (κ1) is 18.5. The van der Waals surface area contributed by atoms with Crippen LogP contribution in [0.1, 0.15) is 35.6 Å². The molecule has 1 heterocycles. The molecule has 0 radical (unpaired) electrons. The Morgan fingerprint density at radius 2 is 1.89 bits per heavy atom. The number of benzene rings is 2. The van der Waals surface area contributed by atoms with Crippen LogP contribution >= 0.6 is 0 Å². The van der Waals surface area contributed by atoms with Gasteiger partial charge in [-0.05, 0) is 42.2 Å². The van der Waals surface area contributed by atoms with E-state index in [-0.39, 0.29) is 36.5 Å². The molecule has 2 aliphatic rings. The van der Waals surface area contributed by atoms with Gasteiger partial charge < -0.3 is 10.2 Å². The van der Waals surface area contributed by atoms with Gasteiger partial charge in [0.05, 0.1) is 17.5 Å². The first-order chi connectivity index (χ1) is 13.3. The fourth-order valence-corrected chi connectivity index (χ4v) is 3.98. The summed E-state index contributed by atoms with van der Waals surface area (Å²) in [5.74, 6) is -1.15. The highest BCUT2D eigenvalue weighted by Gasteiger charge is 2.38. The Labute approximate surface area is 160 Å². The summed E-state index contributed by atoms with van der Waals surface area (Å²) < 4.78 is 38.8. The molecule has 2 aromatic carbocycles. The van der Waals surface area contributed by atoms with E-state index >= 15 is 0 Å². The molecule has 2 unspecified atom stereocenters. The first-order valence-electron chi connectivity index (χ1n) is 9.19. The van der Waals surface area contributed by atoms with Crippen molar-refractivity contribution in [3.63, 3.8) is 0 Å². The molecule has 0 bridgehead atoms. The molecule has 2 amide bonds. The van der Waals surface area contributed by atoms with Crippen LogP contribution in [-0.4, -0.2) is 18.4 Å². The number of carbonyl (C=O) groups excluding carboxylic acids is 2. The monoisotopic (exact) mass is 388 g/mol. The highest BCUT2D eigenvalue weighted by molar-refractivity contribution is 6.00. The summed E-state index contributed by atoms with van der Waals surface area (Å²) in [6.07, 6.45) is -2.79. The largest absolute Gasteiger partial charge is 0.416 e. The number of halogens is 3. The van der Waals surface area contributed by atoms with Crippen molar-refractivity contribution in [3.8, 4) is 0 Å². The van der Waals surface area contributed by atoms with E-state index in [2.05, 4.69) is 5.32 Å². The second-order valence-electron chi connectivity index (χ2n) is 7.25. The van der Waals surface area contributed by atoms with Crippen molar-refractivity contribution in [3.05, 3.63) is 65.2 Å². The molecule has 1 N–H and O–H groups in total. The summed E-state index contributed by atoms with van der Waals surface area (Å²) in [6, 6.07) is 12.5. The van der Waals surface area contributed by atoms with Gasteiger partial charge in [0, 0.05) is 18.7 Å². The fraction of sp³-hybridized carbons (Fsp3) is 0.333. The SMILES string of the molecule is O=C(NC1CCc2ccccc21)C1CC(=O)N(c2cccc(C(F)(F)F)c2)C1. The molecule has 0 spiro atoms. The third-order valence-electron chi connectivity index (χ3n) is 5.43. The van der Waals surface area contributed by atoms with Gasteiger partial charge in [-0.15, -0.1) is 0 Å². The average molecular weight is 388 g/mol. The van der Waals surface area contributed by atoms with Crippen LogP contribution < -0.4 is 10.2 Å². The van der Waals surface area contributed by atoms with Crippen LogP contribution in [0.4, 0.5) is 18.9 Å². The molecule has 1 aliphatic heterocycles. The summed E-state index contributed by atoms with van der Waals surface area (Å²) in [5, 5.41) is 3.01. The number of hydrogen-bond donors (Lipinski definition) is 1. The number of aryl methyl sites for hydroxylation is 1. The van der Waals surface area contributed by atoms with Crippen LogP contribution in [0.25, 0.3) is 0 Å². The average Bonchev–Trinajstić information content (AvgIpc) is 3.25. The molecule has 4 nitrogen and oxygen atoms in total. The third-order valence-corrected chi connectivity index (χ3v) is 5.43. The highest BCUT2D eigenvalue weighted by Crippen LogP contribution is 2.34. The van der Waals surface area contributed by atoms with Crippen LogP contribution in [0.15, 0.2) is 48.5 Å². The maximum Gasteiger partial charge on any atom is 0.416 e. The second kappa shape index (κ2) is 6.96. The number of fused-ring (bicyclic) bond motifs is 1. The number of nitrogens with one attached hydrogen (secondary N) is 1. The van der Waals surface area contributed by atoms with E-state index in [0.29, 0.717) is 0 Å². The zero-order valence-electron chi connectivity index (χ0n) is 15.0. The molecule has 1 aliphatic carbocycles. The minimum absolute atomic E-state index is 0.00353. The van der Waals surface area contributed by atoms with Crippen LogP contribution in [0, 0.1) is 5.92 Å². The molecular weight excluding hydrogens is 369 g/mol. The molecule has 28 heavy (non-hydrogen) atoms. The van der Waals surface area contributed by atoms with Crippen LogP contribution in [-0.2, 0) is 22.2 Å². The van der Waals surface area contributed by atoms with Crippen molar-refractivity contribution >= 4 is 17.5 Å². The number of carbonyl (C=O) groups is 2. The lowest BCUT2D eigenvalue weighted by Crippen LogP contribution is -2.34. The Morgan fingerprint density at radius 3 is 2.68 bits per heavy atom. The van der Waals surface area contributed by atoms with E-state index in [1.165, 1.54) is 22.6 Å². The number of alkyl halides is 3. The predicted octanol–water partition coefficient (Wildman–Crippen LogP) is 3.86. The topological polar surface area (TPSA) is 49.4 Å². The molecule has 0 aromatic heterocycles. The highest BCUT2D eigenvalue weighted by atomic mass is 19.4. The zero-order valence-corrected chi connectivity index (χ0v) is 15.0. The Balaban J connectivity index is 1.46. The Bertz CT molecular complexity index is 926. The van der Waals surface area contributed by atoms with Gasteiger partial charge in [0.2, 0.25) is 11.8 Å². The number of anilines is 1. The second-order valence-corrected chi connectivity index (χ2v) is 7.25. The Morgan fingerprint density at radius 1 is 1.11 bits per heavy atom. The van der Waals surface area contributed by atoms with E-state index in [1.54, 1.807) is 0 Å². The summed E-state index contributed by atoms with van der Waals surface area (Å²) in [5.41, 5.74) is 1.66. The Hall–Kier alpha value is -2.83. The minimum atomic E-state index is -4.48. The van der Waals surface area contributed by atoms with Gasteiger partial charge in [-0.1, -0.05) is 30.3 Å². The molecule has 2 atom stereocenters. The molecular formula is C21H19F3N2O2. The lowest BCUT2D eigenvalue weighted by atomic mass is 10.1. The first-order valence-corrected chi connectivity index (χ1v) is 9.19. The third kappa shape index (κ3) is 3.48. The Kier molecular flexibility index (Phi) is 4.61. The van der Waals surface area contributed by atoms with Gasteiger partial charge in [0.25, 0.3) is 0 Å². The maximum atomic E-state index is 12.9. The molecule has 1 saturated heterocycles. The van der Waals surface area contributed by atoms with E-state index in [4.69, 9.17) is 0 Å². The summed E-state index contributed by atoms with van der Waals surface area (Å²) in [6.45, 7) is 0.0837. The van der Waals surface area contributed by atoms with Crippen molar-refractivity contribution in [1.82, 2.24) is 5.32 Å². The van der Waals surface area contributed by atoms with Gasteiger partial charge in [-0.3, -0.25) is 9.59 Å². The maximum absolute atomic E-state index is 12.9. The van der Waals surface area contributed by atoms with E-state index in [1.807, 2.05) is 24.3 Å². The van der Waals surface area contributed by atoms with Crippen molar-refractivity contribution in [2.75, 3.05) is 11.4 Å². The molecule has 1 fully saturated rings. The van der Waals surface area contributed by atoms with Crippen LogP contribution in [0.2, 0.25) is 0 Å². The molecule has 0 saturated carbocycles. The fourth-order valence-electron chi connectivity index (χ4n) is 3.98. The summed E-state index contributed by atoms with van der Waals surface area (Å²) in [7, 11) is 0. The molecule has 2 aromatic rings. The lowest BCUT2D eigenvalue weighted by Gasteiger charge is -2.19. The van der Waals surface area contributed by atoms with Gasteiger partial charge in [-0.2, -0.15) is 13.2 Å². The van der Waals surface area contributed by atoms with Gasteiger partial charge in [-0.25, -0.2) is 0 Å². The van der Waals surface area contributed by atoms with Crippen LogP contribution in [0.5, 0.6) is 0 Å². The lowest BCUT2D eigenvalue weighted by molar-refractivity contribution is -0.137. The van der Waals surface area contributed by atoms with E-state index in [0.717, 1.165) is 30.5 Å². The minimum Gasteiger partial charge on any atom is -0.349 e. The van der Waals surface area contributed by atoms with Crippen molar-refractivity contribution in [2.45, 2.75) is 31.5 Å². The smallest absolute Gasteiger partial charge is 0.349 e. The number of hydrogen-bond acceptors (Lipinski definition) is 2. The van der Waals surface area contributed by atoms with Crippen molar-refractivity contribution in [1.29, 1.82) is 0 Å². The van der Waals surface area contributed by atoms with Crippen LogP contribution in [0.3, 0.4) is 0 Å². The van der Waals surface area contributed by atoms with E-state index < -0.39 is 17.7 Å². The van der Waals surface area contributed by atoms with E-state index in [9.17, 15) is 22.8 Å². The predicted molar refractivity (Wildman–Crippen MR) is 97.6 cm³/mol. The number of rotatable bonds is 3. The quantitative estimate of drug-likeness (QED) is 0.868. The zero-order chi connectivity index (χ0) is 19.9. The summed E-state index contributed by atoms with van der Waals surface area (Å²) in [4.78, 5) is 26.3. The van der Waals surface area contributed by atoms with Gasteiger partial charge in [0.1, 0.15) is 0 Å². The van der Waals surface area contributed by atoms with Gasteiger partial charge in [0.15, 0.2) is 0 Å². The van der Waals surface area contributed by atoms with Crippen molar-refractivity contribution in [2.24, 2.45) is 5.92 Å². The summed E-state index contributed by atoms with van der Waals surface area (Å²) >= 11 is 0. The van der Waals surface area contributed by atoms with Crippen molar-refractivity contribution < 1.29 is 22.8 Å². The molecule has 146 valence electrons. The number of amides is 2. The molecule has 4 rings (SSSR count). The number of nitrogens with zero attached hydrogens (tertiary/aromatic N) is 1. The standard InChI is InChI=1S/C21H19F3N2O2/c22-21(23,24)15-5-3-6-16(11-15)26-12-14(10-19(26)27)20(28)25-18-9-8-13-4-1-2-7-17(13)18/h1-7,11,14,18H,8-10,12H2,(H,25,28). The molecule has 7 heteroatoms. The normalized spacial score (nSPS) is 21.7.